The van der Waals surface area contributed by atoms with Crippen molar-refractivity contribution in [1.82, 2.24) is 10.5 Å². The van der Waals surface area contributed by atoms with Gasteiger partial charge in [-0.1, -0.05) is 4.48 Å². The molecule has 0 fully saturated rings. The molecule has 3 aromatic rings. The van der Waals surface area contributed by atoms with E-state index >= 15 is 0 Å². The van der Waals surface area contributed by atoms with E-state index in [9.17, 15) is 35.6 Å². The van der Waals surface area contributed by atoms with Gasteiger partial charge in [-0.25, -0.2) is 31.3 Å². The fourth-order valence-corrected chi connectivity index (χ4v) is 3.14. The standard InChI is InChI=1S/C14H3F7N2OS/c15-3-1-5-6(2-4(3)16)25-14(22-5)8-7(13(24)23-21)9(17)11(19)12(20)10(8)18/h1-2H,(H,23,24). The van der Waals surface area contributed by atoms with E-state index in [1.165, 1.54) is 0 Å². The summed E-state index contributed by atoms with van der Waals surface area (Å²) in [7, 11) is 0. The summed E-state index contributed by atoms with van der Waals surface area (Å²) < 4.78 is 93.6. The molecule has 11 heteroatoms. The Morgan fingerprint density at radius 2 is 1.52 bits per heavy atom. The van der Waals surface area contributed by atoms with Crippen LogP contribution in [0.4, 0.5) is 30.8 Å². The van der Waals surface area contributed by atoms with Gasteiger partial charge >= 0.3 is 0 Å². The number of carbonyl (C=O) groups excluding carboxylic acids is 1. The molecule has 1 heterocycles. The fraction of sp³-hybridized carbons (Fsp3) is 0. The third-order valence-corrected chi connectivity index (χ3v) is 4.26. The maximum absolute atomic E-state index is 14.1. The lowest BCUT2D eigenvalue weighted by atomic mass is 10.0. The molecule has 0 saturated carbocycles. The van der Waals surface area contributed by atoms with Crippen LogP contribution in [-0.2, 0) is 0 Å². The first kappa shape index (κ1) is 17.1. The number of aromatic nitrogens is 1. The van der Waals surface area contributed by atoms with Crippen LogP contribution < -0.4 is 5.54 Å². The number of halogens is 7. The molecule has 0 aliphatic heterocycles. The highest BCUT2D eigenvalue weighted by molar-refractivity contribution is 7.21. The molecule has 0 unspecified atom stereocenters. The van der Waals surface area contributed by atoms with Crippen molar-refractivity contribution in [2.45, 2.75) is 0 Å². The van der Waals surface area contributed by atoms with Crippen molar-refractivity contribution < 1.29 is 35.6 Å². The number of amides is 1. The molecule has 0 atom stereocenters. The highest BCUT2D eigenvalue weighted by Gasteiger charge is 2.31. The van der Waals surface area contributed by atoms with Crippen LogP contribution >= 0.6 is 11.3 Å². The van der Waals surface area contributed by atoms with E-state index in [1.54, 1.807) is 0 Å². The highest BCUT2D eigenvalue weighted by Crippen LogP contribution is 2.37. The summed E-state index contributed by atoms with van der Waals surface area (Å²) >= 11 is 0.437. The van der Waals surface area contributed by atoms with Gasteiger partial charge in [-0.05, 0) is 6.07 Å². The molecule has 2 aromatic carbocycles. The van der Waals surface area contributed by atoms with Gasteiger partial charge in [-0.3, -0.25) is 4.79 Å². The first-order valence-corrected chi connectivity index (χ1v) is 7.10. The Hall–Kier alpha value is -2.69. The van der Waals surface area contributed by atoms with E-state index in [0.29, 0.717) is 29.0 Å². The molecule has 0 aliphatic carbocycles. The molecule has 0 bridgehead atoms. The second-order valence-corrected chi connectivity index (χ2v) is 5.71. The number of nitrogens with one attached hydrogen (secondary N) is 1. The van der Waals surface area contributed by atoms with Gasteiger partial charge in [0.2, 0.25) is 0 Å². The molecule has 0 saturated heterocycles. The smallest absolute Gasteiger partial charge is 0.267 e. The van der Waals surface area contributed by atoms with Crippen LogP contribution in [0.1, 0.15) is 10.4 Å². The predicted octanol–water partition coefficient (Wildman–Crippen LogP) is 4.41. The third kappa shape index (κ3) is 2.60. The first-order chi connectivity index (χ1) is 11.8. The van der Waals surface area contributed by atoms with Crippen LogP contribution in [0.15, 0.2) is 12.1 Å². The molecule has 3 rings (SSSR count). The SMILES string of the molecule is O=C(NF)c1c(F)c(F)c(F)c(F)c1-c1nc2cc(F)c(F)cc2s1. The van der Waals surface area contributed by atoms with E-state index in [0.717, 1.165) is 0 Å². The zero-order valence-corrected chi connectivity index (χ0v) is 12.4. The lowest BCUT2D eigenvalue weighted by molar-refractivity contribution is 0.0854. The summed E-state index contributed by atoms with van der Waals surface area (Å²) in [5.74, 6) is -13.2. The Labute approximate surface area is 137 Å². The summed E-state index contributed by atoms with van der Waals surface area (Å²) in [4.78, 5) is 15.1. The summed E-state index contributed by atoms with van der Waals surface area (Å²) in [5.41, 5.74) is -2.38. The number of fused-ring (bicyclic) bond motifs is 1. The molecule has 130 valence electrons. The number of benzene rings is 2. The average molecular weight is 380 g/mol. The Kier molecular flexibility index (Phi) is 4.11. The minimum absolute atomic E-state index is 0.0509. The van der Waals surface area contributed by atoms with Gasteiger partial charge in [0.05, 0.1) is 21.3 Å². The number of nitrogens with zero attached hydrogens (tertiary/aromatic N) is 1. The van der Waals surface area contributed by atoms with Gasteiger partial charge in [-0.2, -0.15) is 5.54 Å². The largest absolute Gasteiger partial charge is 0.282 e. The molecule has 1 aromatic heterocycles. The van der Waals surface area contributed by atoms with Crippen molar-refractivity contribution >= 4 is 27.5 Å². The molecule has 1 amide bonds. The van der Waals surface area contributed by atoms with Crippen molar-refractivity contribution in [3.05, 3.63) is 52.6 Å². The normalized spacial score (nSPS) is 11.2. The number of thiazole rings is 1. The van der Waals surface area contributed by atoms with Crippen LogP contribution in [0.2, 0.25) is 0 Å². The number of carbonyl (C=O) groups is 1. The van der Waals surface area contributed by atoms with Crippen LogP contribution in [0.25, 0.3) is 20.8 Å². The molecule has 0 spiro atoms. The van der Waals surface area contributed by atoms with Crippen LogP contribution in [0.5, 0.6) is 0 Å². The second kappa shape index (κ2) is 5.99. The van der Waals surface area contributed by atoms with Crippen molar-refractivity contribution in [3.63, 3.8) is 0 Å². The lowest BCUT2D eigenvalue weighted by Gasteiger charge is -2.09. The van der Waals surface area contributed by atoms with Crippen LogP contribution in [0, 0.1) is 34.9 Å². The summed E-state index contributed by atoms with van der Waals surface area (Å²) in [6.07, 6.45) is 0. The molecule has 1 N–H and O–H groups in total. The van der Waals surface area contributed by atoms with Gasteiger partial charge in [0.1, 0.15) is 5.01 Å². The molecule has 0 aliphatic rings. The monoisotopic (exact) mass is 380 g/mol. The van der Waals surface area contributed by atoms with Crippen LogP contribution in [0.3, 0.4) is 0 Å². The topological polar surface area (TPSA) is 42.0 Å². The summed E-state index contributed by atoms with van der Waals surface area (Å²) in [5, 5.41) is -0.603. The first-order valence-electron chi connectivity index (χ1n) is 6.29. The van der Waals surface area contributed by atoms with Crippen molar-refractivity contribution in [2.24, 2.45) is 0 Å². The minimum Gasteiger partial charge on any atom is -0.267 e. The Balaban J connectivity index is 2.38. The Bertz CT molecular complexity index is 995. The van der Waals surface area contributed by atoms with E-state index in [4.69, 9.17) is 0 Å². The van der Waals surface area contributed by atoms with Gasteiger partial charge in [0, 0.05) is 6.07 Å². The van der Waals surface area contributed by atoms with Gasteiger partial charge < -0.3 is 0 Å². The van der Waals surface area contributed by atoms with Gasteiger partial charge in [-0.15, -0.1) is 11.3 Å². The number of hydrogen-bond donors (Lipinski definition) is 1. The maximum Gasteiger partial charge on any atom is 0.282 e. The summed E-state index contributed by atoms with van der Waals surface area (Å²) in [6.45, 7) is 0. The summed E-state index contributed by atoms with van der Waals surface area (Å²) in [6, 6.07) is 1.32. The van der Waals surface area contributed by atoms with E-state index < -0.39 is 56.9 Å². The zero-order chi connectivity index (χ0) is 18.5. The second-order valence-electron chi connectivity index (χ2n) is 4.68. The van der Waals surface area contributed by atoms with Crippen molar-refractivity contribution in [1.29, 1.82) is 0 Å². The number of hydrogen-bond acceptors (Lipinski definition) is 3. The van der Waals surface area contributed by atoms with E-state index in [1.807, 2.05) is 0 Å². The lowest BCUT2D eigenvalue weighted by Crippen LogP contribution is -2.19. The average Bonchev–Trinajstić information content (AvgIpc) is 2.97. The van der Waals surface area contributed by atoms with Gasteiger partial charge in [0.25, 0.3) is 5.91 Å². The minimum atomic E-state index is -2.32. The Morgan fingerprint density at radius 3 is 2.16 bits per heavy atom. The molecule has 0 radical (unpaired) electrons. The van der Waals surface area contributed by atoms with Crippen LogP contribution in [-0.4, -0.2) is 10.9 Å². The van der Waals surface area contributed by atoms with Crippen molar-refractivity contribution in [2.75, 3.05) is 0 Å². The van der Waals surface area contributed by atoms with Gasteiger partial charge in [0.15, 0.2) is 34.9 Å². The fourth-order valence-electron chi connectivity index (χ4n) is 2.12. The predicted molar refractivity (Wildman–Crippen MR) is 73.4 cm³/mol. The van der Waals surface area contributed by atoms with E-state index in [-0.39, 0.29) is 10.2 Å². The van der Waals surface area contributed by atoms with E-state index in [2.05, 4.69) is 4.98 Å². The number of rotatable bonds is 2. The molecular formula is C14H3F7N2OS. The highest BCUT2D eigenvalue weighted by atomic mass is 32.1. The Morgan fingerprint density at radius 1 is 0.920 bits per heavy atom. The molecule has 3 nitrogen and oxygen atoms in total. The van der Waals surface area contributed by atoms with Crippen molar-refractivity contribution in [3.8, 4) is 10.6 Å². The maximum atomic E-state index is 14.1. The zero-order valence-electron chi connectivity index (χ0n) is 11.6. The molecule has 25 heavy (non-hydrogen) atoms. The third-order valence-electron chi connectivity index (χ3n) is 3.22. The molecular weight excluding hydrogens is 377 g/mol. The quantitative estimate of drug-likeness (QED) is 0.310.